The summed E-state index contributed by atoms with van der Waals surface area (Å²) in [5, 5.41) is 11.3. The van der Waals surface area contributed by atoms with E-state index in [4.69, 9.17) is 5.11 Å². The summed E-state index contributed by atoms with van der Waals surface area (Å²) < 4.78 is 0. The predicted octanol–water partition coefficient (Wildman–Crippen LogP) is 1.17. The third-order valence-corrected chi connectivity index (χ3v) is 3.09. The summed E-state index contributed by atoms with van der Waals surface area (Å²) in [6, 6.07) is 7.20. The topological polar surface area (TPSA) is 69.6 Å². The molecule has 0 aliphatic carbocycles. The van der Waals surface area contributed by atoms with E-state index in [1.54, 1.807) is 31.1 Å². The first-order valence-corrected chi connectivity index (χ1v) is 6.74. The fourth-order valence-electron chi connectivity index (χ4n) is 1.85. The Bertz CT molecular complexity index is 443. The van der Waals surface area contributed by atoms with Gasteiger partial charge in [-0.15, -0.1) is 0 Å². The quantitative estimate of drug-likeness (QED) is 0.736. The van der Waals surface area contributed by atoms with Gasteiger partial charge in [0.2, 0.25) is 5.91 Å². The molecule has 110 valence electrons. The predicted molar refractivity (Wildman–Crippen MR) is 77.2 cm³/mol. The number of hydrogen-bond acceptors (Lipinski definition) is 3. The molecule has 2 N–H and O–H groups in total. The number of aliphatic hydroxyl groups is 1. The zero-order chi connectivity index (χ0) is 15.0. The van der Waals surface area contributed by atoms with E-state index in [2.05, 4.69) is 5.32 Å². The molecular weight excluding hydrogens is 256 g/mol. The van der Waals surface area contributed by atoms with Gasteiger partial charge >= 0.3 is 0 Å². The van der Waals surface area contributed by atoms with Crippen molar-refractivity contribution in [2.75, 3.05) is 20.7 Å². The Morgan fingerprint density at radius 1 is 1.20 bits per heavy atom. The van der Waals surface area contributed by atoms with Crippen molar-refractivity contribution >= 4 is 11.8 Å². The van der Waals surface area contributed by atoms with Gasteiger partial charge in [-0.05, 0) is 30.5 Å². The van der Waals surface area contributed by atoms with Crippen molar-refractivity contribution < 1.29 is 14.7 Å². The maximum absolute atomic E-state index is 11.8. The third-order valence-electron chi connectivity index (χ3n) is 3.09. The number of benzene rings is 1. The zero-order valence-electron chi connectivity index (χ0n) is 12.1. The van der Waals surface area contributed by atoms with Crippen LogP contribution in [-0.4, -0.2) is 42.5 Å². The Kier molecular flexibility index (Phi) is 6.73. The number of nitrogens with one attached hydrogen (secondary N) is 1. The average molecular weight is 278 g/mol. The Morgan fingerprint density at radius 2 is 1.85 bits per heavy atom. The molecule has 0 fully saturated rings. The van der Waals surface area contributed by atoms with Crippen LogP contribution in [0.1, 0.15) is 35.2 Å². The first-order chi connectivity index (χ1) is 9.58. The molecule has 1 aromatic rings. The largest absolute Gasteiger partial charge is 0.396 e. The number of amides is 2. The van der Waals surface area contributed by atoms with Crippen LogP contribution >= 0.6 is 0 Å². The molecule has 0 aliphatic heterocycles. The standard InChI is InChI=1S/C15H22N2O3/c1-16-15(20)13-8-6-12(7-9-13)11-17(2)14(19)5-3-4-10-18/h6-9,18H,3-5,10-11H2,1-2H3,(H,16,20). The van der Waals surface area contributed by atoms with Crippen molar-refractivity contribution in [3.63, 3.8) is 0 Å². The highest BCUT2D eigenvalue weighted by molar-refractivity contribution is 5.93. The van der Waals surface area contributed by atoms with Gasteiger partial charge in [0, 0.05) is 39.2 Å². The van der Waals surface area contributed by atoms with E-state index in [9.17, 15) is 9.59 Å². The Labute approximate surface area is 119 Å². The summed E-state index contributed by atoms with van der Waals surface area (Å²) in [5.74, 6) is -0.0567. The Morgan fingerprint density at radius 3 is 2.40 bits per heavy atom. The lowest BCUT2D eigenvalue weighted by atomic mass is 10.1. The highest BCUT2D eigenvalue weighted by Gasteiger charge is 2.09. The van der Waals surface area contributed by atoms with Crippen LogP contribution in [0.15, 0.2) is 24.3 Å². The molecule has 1 rings (SSSR count). The van der Waals surface area contributed by atoms with Gasteiger partial charge in [-0.3, -0.25) is 9.59 Å². The molecule has 5 heteroatoms. The van der Waals surface area contributed by atoms with Gasteiger partial charge in [0.1, 0.15) is 0 Å². The van der Waals surface area contributed by atoms with Gasteiger partial charge < -0.3 is 15.3 Å². The Balaban J connectivity index is 2.51. The van der Waals surface area contributed by atoms with E-state index in [0.29, 0.717) is 31.4 Å². The highest BCUT2D eigenvalue weighted by atomic mass is 16.3. The van der Waals surface area contributed by atoms with Crippen molar-refractivity contribution in [3.05, 3.63) is 35.4 Å². The van der Waals surface area contributed by atoms with Crippen molar-refractivity contribution in [2.45, 2.75) is 25.8 Å². The number of hydrogen-bond donors (Lipinski definition) is 2. The van der Waals surface area contributed by atoms with Crippen LogP contribution in [0.3, 0.4) is 0 Å². The summed E-state index contributed by atoms with van der Waals surface area (Å²) >= 11 is 0. The lowest BCUT2D eigenvalue weighted by molar-refractivity contribution is -0.130. The van der Waals surface area contributed by atoms with Gasteiger partial charge in [0.05, 0.1) is 0 Å². The van der Waals surface area contributed by atoms with E-state index in [-0.39, 0.29) is 18.4 Å². The van der Waals surface area contributed by atoms with Crippen molar-refractivity contribution in [3.8, 4) is 0 Å². The summed E-state index contributed by atoms with van der Waals surface area (Å²) in [6.45, 7) is 0.643. The number of rotatable bonds is 7. The van der Waals surface area contributed by atoms with E-state index in [1.807, 2.05) is 12.1 Å². The SMILES string of the molecule is CNC(=O)c1ccc(CN(C)C(=O)CCCCO)cc1. The van der Waals surface area contributed by atoms with Gasteiger partial charge in [0.15, 0.2) is 0 Å². The van der Waals surface area contributed by atoms with Crippen LogP contribution in [0, 0.1) is 0 Å². The van der Waals surface area contributed by atoms with Crippen LogP contribution < -0.4 is 5.32 Å². The summed E-state index contributed by atoms with van der Waals surface area (Å²) in [7, 11) is 3.35. The molecule has 0 spiro atoms. The molecule has 5 nitrogen and oxygen atoms in total. The monoisotopic (exact) mass is 278 g/mol. The second-order valence-corrected chi connectivity index (χ2v) is 4.71. The molecule has 0 unspecified atom stereocenters. The number of aliphatic hydroxyl groups excluding tert-OH is 1. The first-order valence-electron chi connectivity index (χ1n) is 6.74. The highest BCUT2D eigenvalue weighted by Crippen LogP contribution is 2.08. The smallest absolute Gasteiger partial charge is 0.251 e. The summed E-state index contributed by atoms with van der Waals surface area (Å²) in [6.07, 6.45) is 1.81. The van der Waals surface area contributed by atoms with Crippen LogP contribution in [0.2, 0.25) is 0 Å². The second-order valence-electron chi connectivity index (χ2n) is 4.71. The fraction of sp³-hybridized carbons (Fsp3) is 0.467. The molecule has 0 radical (unpaired) electrons. The molecule has 20 heavy (non-hydrogen) atoms. The molecule has 0 saturated carbocycles. The van der Waals surface area contributed by atoms with Gasteiger partial charge in [0.25, 0.3) is 5.91 Å². The number of carbonyl (C=O) groups excluding carboxylic acids is 2. The number of nitrogens with zero attached hydrogens (tertiary/aromatic N) is 1. The third kappa shape index (κ3) is 5.01. The van der Waals surface area contributed by atoms with Crippen molar-refractivity contribution in [1.82, 2.24) is 10.2 Å². The number of unbranched alkanes of at least 4 members (excludes halogenated alkanes) is 1. The molecule has 0 aliphatic rings. The summed E-state index contributed by atoms with van der Waals surface area (Å²) in [5.41, 5.74) is 1.59. The van der Waals surface area contributed by atoms with Gasteiger partial charge in [-0.25, -0.2) is 0 Å². The summed E-state index contributed by atoms with van der Waals surface area (Å²) in [4.78, 5) is 24.9. The van der Waals surface area contributed by atoms with Crippen molar-refractivity contribution in [2.24, 2.45) is 0 Å². The molecule has 1 aromatic carbocycles. The minimum absolute atomic E-state index is 0.0637. The molecule has 0 bridgehead atoms. The van der Waals surface area contributed by atoms with Gasteiger partial charge in [-0.1, -0.05) is 12.1 Å². The van der Waals surface area contributed by atoms with Crippen LogP contribution in [-0.2, 0) is 11.3 Å². The Hall–Kier alpha value is -1.88. The fourth-order valence-corrected chi connectivity index (χ4v) is 1.85. The van der Waals surface area contributed by atoms with E-state index in [0.717, 1.165) is 5.56 Å². The van der Waals surface area contributed by atoms with Crippen LogP contribution in [0.25, 0.3) is 0 Å². The van der Waals surface area contributed by atoms with Crippen molar-refractivity contribution in [1.29, 1.82) is 0 Å². The van der Waals surface area contributed by atoms with Crippen LogP contribution in [0.4, 0.5) is 0 Å². The van der Waals surface area contributed by atoms with E-state index >= 15 is 0 Å². The van der Waals surface area contributed by atoms with E-state index < -0.39 is 0 Å². The lowest BCUT2D eigenvalue weighted by Crippen LogP contribution is -2.26. The number of carbonyl (C=O) groups is 2. The zero-order valence-corrected chi connectivity index (χ0v) is 12.1. The maximum Gasteiger partial charge on any atom is 0.251 e. The molecule has 0 saturated heterocycles. The minimum Gasteiger partial charge on any atom is -0.396 e. The molecule has 0 heterocycles. The molecular formula is C15H22N2O3. The van der Waals surface area contributed by atoms with E-state index in [1.165, 1.54) is 0 Å². The van der Waals surface area contributed by atoms with Gasteiger partial charge in [-0.2, -0.15) is 0 Å². The normalized spacial score (nSPS) is 10.2. The maximum atomic E-state index is 11.8. The van der Waals surface area contributed by atoms with Crippen LogP contribution in [0.5, 0.6) is 0 Å². The molecule has 2 amide bonds. The second kappa shape index (κ2) is 8.32. The molecule has 0 aromatic heterocycles. The lowest BCUT2D eigenvalue weighted by Gasteiger charge is -2.17. The minimum atomic E-state index is -0.120. The first kappa shape index (κ1) is 16.2. The molecule has 0 atom stereocenters. The average Bonchev–Trinajstić information content (AvgIpc) is 2.47.